The van der Waals surface area contributed by atoms with Gasteiger partial charge in [-0.2, -0.15) is 0 Å². The molecule has 0 fully saturated rings. The van der Waals surface area contributed by atoms with Crippen LogP contribution in [0, 0.1) is 0 Å². The van der Waals surface area contributed by atoms with Crippen molar-refractivity contribution in [3.63, 3.8) is 0 Å². The van der Waals surface area contributed by atoms with Gasteiger partial charge in [-0.25, -0.2) is 13.1 Å². The number of nitrogens with one attached hydrogen (secondary N) is 1. The van der Waals surface area contributed by atoms with Crippen molar-refractivity contribution in [1.82, 2.24) is 4.72 Å². The van der Waals surface area contributed by atoms with Crippen LogP contribution in [0.3, 0.4) is 0 Å². The molecular weight excluding hydrogens is 331 g/mol. The van der Waals surface area contributed by atoms with E-state index in [9.17, 15) is 8.42 Å². The van der Waals surface area contributed by atoms with Crippen LogP contribution < -0.4 is 10.5 Å². The normalized spacial score (nSPS) is 13.1. The van der Waals surface area contributed by atoms with Crippen LogP contribution in [0.2, 0.25) is 10.0 Å². The van der Waals surface area contributed by atoms with Gasteiger partial charge in [-0.3, -0.25) is 0 Å². The Morgan fingerprint density at radius 3 is 2.38 bits per heavy atom. The largest absolute Gasteiger partial charge is 0.399 e. The van der Waals surface area contributed by atoms with Crippen LogP contribution in [0.5, 0.6) is 0 Å². The molecule has 21 heavy (non-hydrogen) atoms. The molecule has 7 heteroatoms. The van der Waals surface area contributed by atoms with Gasteiger partial charge in [-0.15, -0.1) is 0 Å². The van der Waals surface area contributed by atoms with Crippen molar-refractivity contribution in [1.29, 1.82) is 0 Å². The second-order valence-electron chi connectivity index (χ2n) is 4.55. The van der Waals surface area contributed by atoms with E-state index in [2.05, 4.69) is 4.72 Å². The van der Waals surface area contributed by atoms with Crippen LogP contribution in [-0.2, 0) is 10.0 Å². The average Bonchev–Trinajstić information content (AvgIpc) is 2.37. The molecule has 4 nitrogen and oxygen atoms in total. The van der Waals surface area contributed by atoms with Crippen molar-refractivity contribution >= 4 is 38.9 Å². The van der Waals surface area contributed by atoms with Crippen molar-refractivity contribution in [3.8, 4) is 0 Å². The summed E-state index contributed by atoms with van der Waals surface area (Å²) in [5.41, 5.74) is 6.66. The standard InChI is InChI=1S/C14H14Cl2N2O2S/c1-9(11-4-2-3-5-12(11)15)18-21(19,20)14-7-6-10(17)8-13(14)16/h2-9,18H,17H2,1H3. The first-order valence-corrected chi connectivity index (χ1v) is 8.37. The van der Waals surface area contributed by atoms with Crippen molar-refractivity contribution in [2.75, 3.05) is 5.73 Å². The molecular formula is C14H14Cl2N2O2S. The summed E-state index contributed by atoms with van der Waals surface area (Å²) >= 11 is 12.0. The second-order valence-corrected chi connectivity index (χ2v) is 7.05. The Morgan fingerprint density at radius 1 is 1.10 bits per heavy atom. The fourth-order valence-corrected chi connectivity index (χ4v) is 4.00. The van der Waals surface area contributed by atoms with E-state index >= 15 is 0 Å². The molecule has 0 bridgehead atoms. The number of hydrogen-bond donors (Lipinski definition) is 2. The van der Waals surface area contributed by atoms with E-state index in [1.807, 2.05) is 0 Å². The van der Waals surface area contributed by atoms with E-state index in [-0.39, 0.29) is 9.92 Å². The van der Waals surface area contributed by atoms with Crippen molar-refractivity contribution in [2.24, 2.45) is 0 Å². The summed E-state index contributed by atoms with van der Waals surface area (Å²) in [6, 6.07) is 10.8. The Hall–Kier alpha value is -1.27. The quantitative estimate of drug-likeness (QED) is 0.832. The molecule has 1 atom stereocenters. The zero-order chi connectivity index (χ0) is 15.6. The summed E-state index contributed by atoms with van der Waals surface area (Å²) in [4.78, 5) is -0.0164. The lowest BCUT2D eigenvalue weighted by molar-refractivity contribution is 0.567. The minimum absolute atomic E-state index is 0.0164. The highest BCUT2D eigenvalue weighted by molar-refractivity contribution is 7.89. The first kappa shape index (κ1) is 16.1. The second kappa shape index (κ2) is 6.23. The van der Waals surface area contributed by atoms with Gasteiger partial charge >= 0.3 is 0 Å². The number of nitrogen functional groups attached to an aromatic ring is 1. The lowest BCUT2D eigenvalue weighted by Crippen LogP contribution is -2.27. The minimum atomic E-state index is -3.77. The number of rotatable bonds is 4. The molecule has 0 aliphatic rings. The molecule has 0 saturated heterocycles. The summed E-state index contributed by atoms with van der Waals surface area (Å²) in [7, 11) is -3.77. The zero-order valence-electron chi connectivity index (χ0n) is 11.2. The van der Waals surface area contributed by atoms with Gasteiger partial charge in [0.2, 0.25) is 10.0 Å². The van der Waals surface area contributed by atoms with Gasteiger partial charge in [0.05, 0.1) is 5.02 Å². The molecule has 112 valence electrons. The molecule has 2 aromatic carbocycles. The van der Waals surface area contributed by atoms with Gasteiger partial charge in [-0.05, 0) is 36.8 Å². The number of anilines is 1. The summed E-state index contributed by atoms with van der Waals surface area (Å²) in [6.07, 6.45) is 0. The molecule has 0 aliphatic carbocycles. The summed E-state index contributed by atoms with van der Waals surface area (Å²) < 4.78 is 27.3. The van der Waals surface area contributed by atoms with Gasteiger partial charge in [0.15, 0.2) is 0 Å². The van der Waals surface area contributed by atoms with Crippen LogP contribution >= 0.6 is 23.2 Å². The van der Waals surface area contributed by atoms with Crippen molar-refractivity contribution < 1.29 is 8.42 Å². The average molecular weight is 345 g/mol. The molecule has 0 heterocycles. The summed E-state index contributed by atoms with van der Waals surface area (Å²) in [5.74, 6) is 0. The van der Waals surface area contributed by atoms with Crippen LogP contribution in [0.4, 0.5) is 5.69 Å². The van der Waals surface area contributed by atoms with Gasteiger partial charge < -0.3 is 5.73 Å². The summed E-state index contributed by atoms with van der Waals surface area (Å²) in [6.45, 7) is 1.71. The Labute approximate surface area is 133 Å². The first-order chi connectivity index (χ1) is 9.81. The van der Waals surface area contributed by atoms with Crippen LogP contribution in [0.15, 0.2) is 47.4 Å². The molecule has 2 rings (SSSR count). The van der Waals surface area contributed by atoms with Gasteiger partial charge in [0.1, 0.15) is 4.90 Å². The highest BCUT2D eigenvalue weighted by atomic mass is 35.5. The van der Waals surface area contributed by atoms with Crippen molar-refractivity contribution in [3.05, 3.63) is 58.1 Å². The SMILES string of the molecule is CC(NS(=O)(=O)c1ccc(N)cc1Cl)c1ccccc1Cl. The zero-order valence-corrected chi connectivity index (χ0v) is 13.5. The smallest absolute Gasteiger partial charge is 0.242 e. The maximum Gasteiger partial charge on any atom is 0.242 e. The van der Waals surface area contributed by atoms with E-state index in [0.29, 0.717) is 16.3 Å². The predicted octanol–water partition coefficient (Wildman–Crippen LogP) is 3.62. The van der Waals surface area contributed by atoms with Crippen molar-refractivity contribution in [2.45, 2.75) is 17.9 Å². The minimum Gasteiger partial charge on any atom is -0.399 e. The maximum atomic E-state index is 12.4. The Kier molecular flexibility index (Phi) is 4.78. The molecule has 0 saturated carbocycles. The van der Waals surface area contributed by atoms with Crippen LogP contribution in [0.1, 0.15) is 18.5 Å². The third-order valence-corrected chi connectivity index (χ3v) is 5.32. The van der Waals surface area contributed by atoms with E-state index in [0.717, 1.165) is 0 Å². The fourth-order valence-electron chi connectivity index (χ4n) is 1.92. The van der Waals surface area contributed by atoms with Crippen LogP contribution in [0.25, 0.3) is 0 Å². The molecule has 2 aromatic rings. The van der Waals surface area contributed by atoms with E-state index in [1.165, 1.54) is 18.2 Å². The predicted molar refractivity (Wildman–Crippen MR) is 86.1 cm³/mol. The van der Waals surface area contributed by atoms with Gasteiger partial charge in [0, 0.05) is 16.8 Å². The van der Waals surface area contributed by atoms with Gasteiger partial charge in [-0.1, -0.05) is 41.4 Å². The summed E-state index contributed by atoms with van der Waals surface area (Å²) in [5, 5.41) is 0.574. The Morgan fingerprint density at radius 2 is 1.76 bits per heavy atom. The number of halogens is 2. The third-order valence-electron chi connectivity index (χ3n) is 2.95. The van der Waals surface area contributed by atoms with Gasteiger partial charge in [0.25, 0.3) is 0 Å². The lowest BCUT2D eigenvalue weighted by Gasteiger charge is -2.16. The molecule has 0 aliphatic heterocycles. The number of nitrogens with two attached hydrogens (primary N) is 1. The monoisotopic (exact) mass is 344 g/mol. The first-order valence-electron chi connectivity index (χ1n) is 6.13. The molecule has 0 spiro atoms. The Bertz CT molecular complexity index is 763. The molecule has 3 N–H and O–H groups in total. The van der Waals surface area contributed by atoms with Crippen LogP contribution in [-0.4, -0.2) is 8.42 Å². The number of sulfonamides is 1. The topological polar surface area (TPSA) is 72.2 Å². The van der Waals surface area contributed by atoms with E-state index in [1.54, 1.807) is 31.2 Å². The van der Waals surface area contributed by atoms with E-state index in [4.69, 9.17) is 28.9 Å². The molecule has 0 aromatic heterocycles. The van der Waals surface area contributed by atoms with E-state index < -0.39 is 16.1 Å². The highest BCUT2D eigenvalue weighted by Gasteiger charge is 2.22. The number of benzene rings is 2. The lowest BCUT2D eigenvalue weighted by atomic mass is 10.1. The molecule has 1 unspecified atom stereocenters. The molecule has 0 amide bonds. The maximum absolute atomic E-state index is 12.4. The molecule has 0 radical (unpaired) electrons. The Balaban J connectivity index is 2.31. The third kappa shape index (κ3) is 3.68. The number of hydrogen-bond acceptors (Lipinski definition) is 3. The highest BCUT2D eigenvalue weighted by Crippen LogP contribution is 2.27. The fraction of sp³-hybridized carbons (Fsp3) is 0.143.